The molecule has 0 radical (unpaired) electrons. The van der Waals surface area contributed by atoms with Crippen molar-refractivity contribution in [3.05, 3.63) is 21.3 Å². The molecule has 1 aromatic rings. The molecule has 76 valence electrons. The summed E-state index contributed by atoms with van der Waals surface area (Å²) < 4.78 is 34.5. The van der Waals surface area contributed by atoms with E-state index in [1.807, 2.05) is 22.6 Å². The first-order chi connectivity index (χ1) is 6.52. The van der Waals surface area contributed by atoms with E-state index in [-0.39, 0.29) is 18.1 Å². The van der Waals surface area contributed by atoms with Gasteiger partial charge >= 0.3 is 6.29 Å². The van der Waals surface area contributed by atoms with Gasteiger partial charge in [0.2, 0.25) is 0 Å². The minimum absolute atomic E-state index is 0.0362. The van der Waals surface area contributed by atoms with E-state index < -0.39 is 6.29 Å². The van der Waals surface area contributed by atoms with Crippen LogP contribution < -0.4 is 9.47 Å². The van der Waals surface area contributed by atoms with Crippen molar-refractivity contribution < 1.29 is 23.4 Å². The number of fused-ring (bicyclic) bond motifs is 1. The molecular formula is C8H5F2IO3. The first kappa shape index (κ1) is 9.91. The fourth-order valence-corrected chi connectivity index (χ4v) is 1.86. The number of hydrogen-bond acceptors (Lipinski definition) is 3. The first-order valence-electron chi connectivity index (χ1n) is 3.71. The Morgan fingerprint density at radius 3 is 2.71 bits per heavy atom. The Hall–Kier alpha value is -0.630. The molecule has 0 aromatic heterocycles. The summed E-state index contributed by atoms with van der Waals surface area (Å²) in [5.41, 5.74) is 0.295. The molecule has 1 heterocycles. The molecule has 1 N–H and O–H groups in total. The van der Waals surface area contributed by atoms with Crippen molar-refractivity contribution in [2.75, 3.05) is 0 Å². The lowest BCUT2D eigenvalue weighted by Crippen LogP contribution is -2.26. The molecule has 1 aromatic carbocycles. The molecule has 0 aliphatic carbocycles. The summed E-state index contributed by atoms with van der Waals surface area (Å²) in [5.74, 6) is -0.121. The molecule has 14 heavy (non-hydrogen) atoms. The van der Waals surface area contributed by atoms with Crippen molar-refractivity contribution in [3.63, 3.8) is 0 Å². The van der Waals surface area contributed by atoms with Crippen LogP contribution >= 0.6 is 22.6 Å². The average molecular weight is 314 g/mol. The van der Waals surface area contributed by atoms with Crippen LogP contribution in [0, 0.1) is 3.57 Å². The van der Waals surface area contributed by atoms with Gasteiger partial charge in [0, 0.05) is 9.13 Å². The summed E-state index contributed by atoms with van der Waals surface area (Å²) in [5, 5.41) is 8.91. The van der Waals surface area contributed by atoms with Gasteiger partial charge in [0.25, 0.3) is 0 Å². The van der Waals surface area contributed by atoms with Crippen LogP contribution in [0.5, 0.6) is 11.5 Å². The minimum atomic E-state index is -3.63. The molecule has 2 rings (SSSR count). The van der Waals surface area contributed by atoms with Crippen molar-refractivity contribution in [2.45, 2.75) is 12.9 Å². The third-order valence-electron chi connectivity index (χ3n) is 1.72. The molecule has 0 saturated carbocycles. The fourth-order valence-electron chi connectivity index (χ4n) is 1.20. The normalized spacial score (nSPS) is 17.1. The molecule has 0 fully saturated rings. The Kier molecular flexibility index (Phi) is 2.26. The minimum Gasteiger partial charge on any atom is -0.395 e. The second-order valence-corrected chi connectivity index (χ2v) is 3.96. The maximum Gasteiger partial charge on any atom is 0.586 e. The lowest BCUT2D eigenvalue weighted by atomic mass is 10.2. The van der Waals surface area contributed by atoms with E-state index in [1.54, 1.807) is 6.07 Å². The number of aliphatic hydroxyl groups excluding tert-OH is 1. The monoisotopic (exact) mass is 314 g/mol. The van der Waals surface area contributed by atoms with Gasteiger partial charge in [0.05, 0.1) is 6.61 Å². The van der Waals surface area contributed by atoms with Gasteiger partial charge in [-0.1, -0.05) is 0 Å². The number of aliphatic hydroxyl groups is 1. The quantitative estimate of drug-likeness (QED) is 0.807. The van der Waals surface area contributed by atoms with Gasteiger partial charge in [-0.3, -0.25) is 0 Å². The van der Waals surface area contributed by atoms with Crippen LogP contribution in [0.25, 0.3) is 0 Å². The average Bonchev–Trinajstić information content (AvgIpc) is 2.37. The van der Waals surface area contributed by atoms with Gasteiger partial charge in [-0.15, -0.1) is 8.78 Å². The Bertz CT molecular complexity index is 381. The standard InChI is InChI=1S/C8H5F2IO3/c9-8(10)13-6-2-5(11)1-4(3-12)7(6)14-8/h1-2,12H,3H2. The number of alkyl halides is 2. The highest BCUT2D eigenvalue weighted by Crippen LogP contribution is 2.44. The van der Waals surface area contributed by atoms with E-state index in [9.17, 15) is 8.78 Å². The van der Waals surface area contributed by atoms with Gasteiger partial charge in [-0.25, -0.2) is 0 Å². The van der Waals surface area contributed by atoms with E-state index >= 15 is 0 Å². The molecule has 0 atom stereocenters. The summed E-state index contributed by atoms with van der Waals surface area (Å²) in [7, 11) is 0. The van der Waals surface area contributed by atoms with E-state index in [0.717, 1.165) is 0 Å². The fraction of sp³-hybridized carbons (Fsp3) is 0.250. The zero-order valence-electron chi connectivity index (χ0n) is 6.76. The lowest BCUT2D eigenvalue weighted by molar-refractivity contribution is -0.287. The van der Waals surface area contributed by atoms with Gasteiger partial charge in [0.1, 0.15) is 0 Å². The first-order valence-corrected chi connectivity index (χ1v) is 4.79. The Balaban J connectivity index is 2.50. The molecule has 1 aliphatic rings. The molecule has 0 spiro atoms. The van der Waals surface area contributed by atoms with Crippen LogP contribution in [0.4, 0.5) is 8.78 Å². The van der Waals surface area contributed by atoms with Crippen LogP contribution in [-0.2, 0) is 6.61 Å². The maximum absolute atomic E-state index is 12.7. The third kappa shape index (κ3) is 1.63. The SMILES string of the molecule is OCc1cc(I)cc2c1OC(F)(F)O2. The van der Waals surface area contributed by atoms with Gasteiger partial charge in [0.15, 0.2) is 11.5 Å². The van der Waals surface area contributed by atoms with Crippen molar-refractivity contribution in [2.24, 2.45) is 0 Å². The Labute approximate surface area is 91.8 Å². The van der Waals surface area contributed by atoms with E-state index in [2.05, 4.69) is 9.47 Å². The van der Waals surface area contributed by atoms with Crippen molar-refractivity contribution in [3.8, 4) is 11.5 Å². The van der Waals surface area contributed by atoms with Gasteiger partial charge in [-0.05, 0) is 34.7 Å². The number of benzene rings is 1. The highest BCUT2D eigenvalue weighted by molar-refractivity contribution is 14.1. The zero-order chi connectivity index (χ0) is 10.3. The predicted octanol–water partition coefficient (Wildman–Crippen LogP) is 2.10. The molecule has 0 saturated heterocycles. The van der Waals surface area contributed by atoms with E-state index in [1.165, 1.54) is 6.07 Å². The number of rotatable bonds is 1. The smallest absolute Gasteiger partial charge is 0.395 e. The van der Waals surface area contributed by atoms with Crippen molar-refractivity contribution >= 4 is 22.6 Å². The topological polar surface area (TPSA) is 38.7 Å². The lowest BCUT2D eigenvalue weighted by Gasteiger charge is -2.05. The largest absolute Gasteiger partial charge is 0.586 e. The third-order valence-corrected chi connectivity index (χ3v) is 2.34. The molecule has 6 heteroatoms. The zero-order valence-corrected chi connectivity index (χ0v) is 8.92. The Morgan fingerprint density at radius 2 is 2.07 bits per heavy atom. The van der Waals surface area contributed by atoms with Crippen LogP contribution in [0.3, 0.4) is 0 Å². The number of halogens is 3. The van der Waals surface area contributed by atoms with Crippen LogP contribution in [0.2, 0.25) is 0 Å². The second-order valence-electron chi connectivity index (χ2n) is 2.72. The number of ether oxygens (including phenoxy) is 2. The van der Waals surface area contributed by atoms with Gasteiger partial charge < -0.3 is 14.6 Å². The van der Waals surface area contributed by atoms with Crippen LogP contribution in [-0.4, -0.2) is 11.4 Å². The van der Waals surface area contributed by atoms with Crippen molar-refractivity contribution in [1.29, 1.82) is 0 Å². The van der Waals surface area contributed by atoms with Crippen LogP contribution in [0.15, 0.2) is 12.1 Å². The summed E-state index contributed by atoms with van der Waals surface area (Å²) >= 11 is 1.94. The van der Waals surface area contributed by atoms with E-state index in [0.29, 0.717) is 9.13 Å². The molecule has 3 nitrogen and oxygen atoms in total. The second kappa shape index (κ2) is 3.20. The van der Waals surface area contributed by atoms with Gasteiger partial charge in [-0.2, -0.15) is 0 Å². The highest BCUT2D eigenvalue weighted by atomic mass is 127. The summed E-state index contributed by atoms with van der Waals surface area (Å²) in [6.07, 6.45) is -3.63. The summed E-state index contributed by atoms with van der Waals surface area (Å²) in [4.78, 5) is 0. The summed E-state index contributed by atoms with van der Waals surface area (Å²) in [6.45, 7) is -0.362. The Morgan fingerprint density at radius 1 is 1.36 bits per heavy atom. The summed E-state index contributed by atoms with van der Waals surface area (Å²) in [6, 6.07) is 2.99. The molecule has 0 amide bonds. The van der Waals surface area contributed by atoms with Crippen molar-refractivity contribution in [1.82, 2.24) is 0 Å². The molecule has 1 aliphatic heterocycles. The molecule has 0 bridgehead atoms. The maximum atomic E-state index is 12.7. The molecular weight excluding hydrogens is 309 g/mol. The van der Waals surface area contributed by atoms with Crippen LogP contribution in [0.1, 0.15) is 5.56 Å². The molecule has 0 unspecified atom stereocenters. The number of hydrogen-bond donors (Lipinski definition) is 1. The van der Waals surface area contributed by atoms with E-state index in [4.69, 9.17) is 5.11 Å². The predicted molar refractivity (Wildman–Crippen MR) is 51.3 cm³/mol. The highest BCUT2D eigenvalue weighted by Gasteiger charge is 2.44.